The largest absolute Gasteiger partial charge is 0.305 e. The van der Waals surface area contributed by atoms with Gasteiger partial charge < -0.3 is 9.13 Å². The van der Waals surface area contributed by atoms with Crippen molar-refractivity contribution in [2.75, 3.05) is 0 Å². The fourth-order valence-corrected chi connectivity index (χ4v) is 12.9. The van der Waals surface area contributed by atoms with Gasteiger partial charge >= 0.3 is 0 Å². The van der Waals surface area contributed by atoms with Crippen molar-refractivity contribution in [3.8, 4) is 45.4 Å². The summed E-state index contributed by atoms with van der Waals surface area (Å²) in [6.07, 6.45) is 1.91. The summed E-state index contributed by atoms with van der Waals surface area (Å²) < 4.78 is 10.0. The van der Waals surface area contributed by atoms with Gasteiger partial charge in [-0.3, -0.25) is 14.1 Å². The van der Waals surface area contributed by atoms with Crippen LogP contribution in [-0.4, -0.2) is 28.2 Å². The molecule has 0 aliphatic heterocycles. The lowest BCUT2D eigenvalue weighted by atomic mass is 9.94. The second kappa shape index (κ2) is 17.0. The van der Waals surface area contributed by atoms with Crippen LogP contribution in [-0.2, 0) is 0 Å². The molecular weight excluding hydrogens is 949 g/mol. The Morgan fingerprint density at radius 2 is 0.538 bits per heavy atom. The monoisotopic (exact) mass is 1000 g/mol. The van der Waals surface area contributed by atoms with Crippen molar-refractivity contribution in [2.24, 2.45) is 0 Å². The summed E-state index contributed by atoms with van der Waals surface area (Å²) in [6, 6.07) is 70.7. The van der Waals surface area contributed by atoms with E-state index in [9.17, 15) is 0 Å². The highest BCUT2D eigenvalue weighted by Crippen LogP contribution is 2.51. The summed E-state index contributed by atoms with van der Waals surface area (Å²) in [7, 11) is 0. The van der Waals surface area contributed by atoms with Crippen molar-refractivity contribution in [1.29, 1.82) is 0 Å². The molecule has 0 amide bonds. The molecule has 15 rings (SSSR count). The van der Waals surface area contributed by atoms with Crippen LogP contribution in [0.5, 0.6) is 0 Å². The van der Waals surface area contributed by atoms with Gasteiger partial charge in [0.05, 0.1) is 49.8 Å². The van der Waals surface area contributed by atoms with Crippen molar-refractivity contribution in [3.05, 3.63) is 239 Å². The first-order valence-electron chi connectivity index (χ1n) is 27.1. The van der Waals surface area contributed by atoms with Gasteiger partial charge in [-0.25, -0.2) is 4.98 Å². The van der Waals surface area contributed by atoms with E-state index >= 15 is 0 Å². The summed E-state index contributed by atoms with van der Waals surface area (Å²) in [6.45, 7) is 17.6. The highest BCUT2D eigenvalue weighted by atomic mass is 15.2. The molecule has 0 fully saturated rings. The Balaban J connectivity index is 1.30. The lowest BCUT2D eigenvalue weighted by molar-refractivity contribution is 0.960. The van der Waals surface area contributed by atoms with Gasteiger partial charge in [-0.05, 0) is 170 Å². The SMILES string of the molecule is Cc1ccc2c(c1)c1cc(C)ccc1n2-c1nc(-n2c3ccc(C)cc3c3cc(C)ccc32)c(-n2c3ccc(C)cc3c3cc(C)ccc32)c(-c2ccccc2-c2ccccn2)c1-n1c2ccc(C)cc2c2cc(C)ccc21. The minimum Gasteiger partial charge on any atom is -0.305 e. The van der Waals surface area contributed by atoms with E-state index in [2.05, 4.69) is 256 Å². The average Bonchev–Trinajstić information content (AvgIpc) is 3.89. The maximum Gasteiger partial charge on any atom is 0.165 e. The molecule has 0 saturated carbocycles. The number of pyridine rings is 2. The van der Waals surface area contributed by atoms with Crippen LogP contribution in [0, 0.1) is 55.4 Å². The molecule has 6 aromatic heterocycles. The third-order valence-corrected chi connectivity index (χ3v) is 16.4. The highest BCUT2D eigenvalue weighted by molar-refractivity contribution is 6.16. The molecule has 0 N–H and O–H groups in total. The Morgan fingerprint density at radius 3 is 0.821 bits per heavy atom. The number of rotatable bonds is 6. The van der Waals surface area contributed by atoms with Crippen molar-refractivity contribution in [1.82, 2.24) is 28.2 Å². The number of aryl methyl sites for hydroxylation is 8. The number of benzene rings is 9. The van der Waals surface area contributed by atoms with E-state index in [4.69, 9.17) is 9.97 Å². The van der Waals surface area contributed by atoms with Gasteiger partial charge in [-0.15, -0.1) is 0 Å². The lowest BCUT2D eigenvalue weighted by Crippen LogP contribution is -2.16. The fourth-order valence-electron chi connectivity index (χ4n) is 12.9. The van der Waals surface area contributed by atoms with Crippen molar-refractivity contribution in [2.45, 2.75) is 55.4 Å². The standard InChI is InChI=1S/C72H56N6/c1-41-16-24-60-51(33-41)52-34-42(2)17-25-61(52)75(60)69-68(50-14-10-9-13-49(50)59-15-11-12-32-73-59)70(76-62-26-18-43(3)35-53(62)54-36-44(4)19-27-63(54)76)72(78-66-30-22-47(7)39-57(66)58-40-48(8)23-31-67(58)78)74-71(69)77-64-28-20-45(5)37-55(64)56-38-46(6)21-29-65(56)77/h9-40H,1-8H3. The predicted octanol–water partition coefficient (Wildman–Crippen LogP) is 18.7. The molecule has 78 heavy (non-hydrogen) atoms. The molecule has 6 nitrogen and oxygen atoms in total. The van der Waals surface area contributed by atoms with E-state index in [-0.39, 0.29) is 0 Å². The zero-order chi connectivity index (χ0) is 52.8. The van der Waals surface area contributed by atoms with Gasteiger partial charge in [0.25, 0.3) is 0 Å². The molecule has 0 bridgehead atoms. The molecular formula is C72H56N6. The van der Waals surface area contributed by atoms with Crippen LogP contribution in [0.3, 0.4) is 0 Å². The Bertz CT molecular complexity index is 4540. The molecule has 0 aliphatic rings. The molecule has 0 saturated heterocycles. The Labute approximate surface area is 452 Å². The van der Waals surface area contributed by atoms with Crippen LogP contribution in [0.4, 0.5) is 0 Å². The number of fused-ring (bicyclic) bond motifs is 12. The van der Waals surface area contributed by atoms with Crippen LogP contribution >= 0.6 is 0 Å². The molecule has 0 atom stereocenters. The predicted molar refractivity (Wildman–Crippen MR) is 328 cm³/mol. The summed E-state index contributed by atoms with van der Waals surface area (Å²) in [5, 5.41) is 9.52. The van der Waals surface area contributed by atoms with E-state index < -0.39 is 0 Å². The Morgan fingerprint density at radius 1 is 0.269 bits per heavy atom. The zero-order valence-corrected chi connectivity index (χ0v) is 45.2. The summed E-state index contributed by atoms with van der Waals surface area (Å²) in [4.78, 5) is 11.7. The van der Waals surface area contributed by atoms with E-state index in [1.165, 1.54) is 87.6 Å². The van der Waals surface area contributed by atoms with E-state index in [1.54, 1.807) is 0 Å². The van der Waals surface area contributed by atoms with Crippen LogP contribution in [0.15, 0.2) is 194 Å². The van der Waals surface area contributed by atoms with Crippen molar-refractivity contribution in [3.63, 3.8) is 0 Å². The number of nitrogens with zero attached hydrogens (tertiary/aromatic N) is 6. The van der Waals surface area contributed by atoms with Gasteiger partial charge in [-0.2, -0.15) is 0 Å². The van der Waals surface area contributed by atoms with Gasteiger partial charge in [0.1, 0.15) is 11.4 Å². The molecule has 6 heteroatoms. The number of hydrogen-bond acceptors (Lipinski definition) is 2. The average molecular weight is 1010 g/mol. The van der Waals surface area contributed by atoms with Crippen LogP contribution in [0.25, 0.3) is 133 Å². The van der Waals surface area contributed by atoms with Crippen LogP contribution < -0.4 is 0 Å². The minimum atomic E-state index is 0.814. The Hall–Kier alpha value is -9.52. The summed E-state index contributed by atoms with van der Waals surface area (Å²) in [5.74, 6) is 1.63. The normalized spacial score (nSPS) is 12.1. The maximum atomic E-state index is 6.51. The van der Waals surface area contributed by atoms with Crippen molar-refractivity contribution >= 4 is 87.2 Å². The third kappa shape index (κ3) is 6.75. The topological polar surface area (TPSA) is 45.5 Å². The summed E-state index contributed by atoms with van der Waals surface area (Å²) in [5.41, 5.74) is 24.3. The molecule has 15 aromatic rings. The van der Waals surface area contributed by atoms with E-state index in [0.29, 0.717) is 0 Å². The highest BCUT2D eigenvalue weighted by Gasteiger charge is 2.34. The molecule has 0 unspecified atom stereocenters. The lowest BCUT2D eigenvalue weighted by Gasteiger charge is -2.27. The molecule has 374 valence electrons. The van der Waals surface area contributed by atoms with Gasteiger partial charge in [0.2, 0.25) is 0 Å². The Kier molecular flexibility index (Phi) is 9.99. The first kappa shape index (κ1) is 45.8. The van der Waals surface area contributed by atoms with E-state index in [0.717, 1.165) is 89.5 Å². The maximum absolute atomic E-state index is 6.51. The third-order valence-electron chi connectivity index (χ3n) is 16.4. The molecule has 6 heterocycles. The second-order valence-electron chi connectivity index (χ2n) is 22.1. The smallest absolute Gasteiger partial charge is 0.165 e. The van der Waals surface area contributed by atoms with Crippen molar-refractivity contribution < 1.29 is 0 Å². The minimum absolute atomic E-state index is 0.814. The van der Waals surface area contributed by atoms with E-state index in [1.807, 2.05) is 12.3 Å². The quantitative estimate of drug-likeness (QED) is 0.167. The summed E-state index contributed by atoms with van der Waals surface area (Å²) >= 11 is 0. The molecule has 0 spiro atoms. The molecule has 0 radical (unpaired) electrons. The first-order chi connectivity index (χ1) is 38.0. The second-order valence-corrected chi connectivity index (χ2v) is 22.1. The fraction of sp³-hybridized carbons (Fsp3) is 0.111. The van der Waals surface area contributed by atoms with Gasteiger partial charge in [0.15, 0.2) is 11.6 Å². The first-order valence-corrected chi connectivity index (χ1v) is 27.1. The van der Waals surface area contributed by atoms with Crippen LogP contribution in [0.2, 0.25) is 0 Å². The number of hydrogen-bond donors (Lipinski definition) is 0. The number of aromatic nitrogens is 6. The zero-order valence-electron chi connectivity index (χ0n) is 45.2. The van der Waals surface area contributed by atoms with Gasteiger partial charge in [0, 0.05) is 60.4 Å². The van der Waals surface area contributed by atoms with Crippen LogP contribution in [0.1, 0.15) is 44.5 Å². The molecule has 9 aromatic carbocycles. The van der Waals surface area contributed by atoms with Gasteiger partial charge in [-0.1, -0.05) is 123 Å². The molecule has 0 aliphatic carbocycles.